The fraction of sp³-hybridized carbons (Fsp3) is 0.321. The molecule has 0 radical (unpaired) electrons. The van der Waals surface area contributed by atoms with Gasteiger partial charge < -0.3 is 4.40 Å². The predicted molar refractivity (Wildman–Crippen MR) is 126 cm³/mol. The molecule has 2 aromatic heterocycles. The lowest BCUT2D eigenvalue weighted by Gasteiger charge is -2.18. The molecule has 2 nitrogen and oxygen atoms in total. The van der Waals surface area contributed by atoms with Crippen LogP contribution in [0, 0.1) is 5.82 Å². The number of rotatable bonds is 5. The summed E-state index contributed by atoms with van der Waals surface area (Å²) in [6, 6.07) is 17.7. The first kappa shape index (κ1) is 20.9. The molecule has 4 heteroatoms. The Morgan fingerprint density at radius 3 is 2.59 bits per heavy atom. The third-order valence-electron chi connectivity index (χ3n) is 6.77. The van der Waals surface area contributed by atoms with Crippen LogP contribution in [-0.4, -0.2) is 15.6 Å². The van der Waals surface area contributed by atoms with E-state index in [4.69, 9.17) is 4.98 Å². The second kappa shape index (κ2) is 8.16. The van der Waals surface area contributed by atoms with Crippen LogP contribution in [0.2, 0.25) is 0 Å². The Balaban J connectivity index is 1.66. The average molecular weight is 431 g/mol. The molecule has 5 rings (SSSR count). The minimum Gasteiger partial charge on any atom is -0.302 e. The van der Waals surface area contributed by atoms with E-state index >= 15 is 4.39 Å². The summed E-state index contributed by atoms with van der Waals surface area (Å²) in [5, 5.41) is 0. The SMILES string of the molecule is CCc1ccc(-c2cn3c4c(nc3cc2F)[C@H](C)C[C@@H]4c2ccccc2CC(C)F)cc1. The number of benzene rings is 2. The molecule has 0 bridgehead atoms. The Hall–Kier alpha value is -3.01. The van der Waals surface area contributed by atoms with Crippen LogP contribution < -0.4 is 0 Å². The van der Waals surface area contributed by atoms with Crippen molar-refractivity contribution in [3.05, 3.63) is 94.7 Å². The zero-order valence-electron chi connectivity index (χ0n) is 18.8. The van der Waals surface area contributed by atoms with Crippen LogP contribution in [0.25, 0.3) is 16.8 Å². The maximum absolute atomic E-state index is 15.1. The van der Waals surface area contributed by atoms with Gasteiger partial charge in [0, 0.05) is 36.1 Å². The highest BCUT2D eigenvalue weighted by Crippen LogP contribution is 2.46. The first-order valence-corrected chi connectivity index (χ1v) is 11.5. The van der Waals surface area contributed by atoms with Crippen molar-refractivity contribution >= 4 is 5.65 Å². The summed E-state index contributed by atoms with van der Waals surface area (Å²) in [5.74, 6) is 0.119. The van der Waals surface area contributed by atoms with Crippen molar-refractivity contribution in [2.75, 3.05) is 0 Å². The van der Waals surface area contributed by atoms with Crippen LogP contribution in [0.3, 0.4) is 0 Å². The number of halogens is 2. The molecule has 32 heavy (non-hydrogen) atoms. The normalized spacial score (nSPS) is 18.8. The van der Waals surface area contributed by atoms with Gasteiger partial charge in [0.15, 0.2) is 0 Å². The quantitative estimate of drug-likeness (QED) is 0.326. The number of alkyl halides is 1. The number of pyridine rings is 1. The Morgan fingerprint density at radius 2 is 1.88 bits per heavy atom. The second-order valence-electron chi connectivity index (χ2n) is 9.07. The van der Waals surface area contributed by atoms with Gasteiger partial charge in [-0.3, -0.25) is 0 Å². The molecule has 1 aliphatic carbocycles. The molecular formula is C28H28F2N2. The van der Waals surface area contributed by atoms with Crippen molar-refractivity contribution in [2.24, 2.45) is 0 Å². The van der Waals surface area contributed by atoms with Gasteiger partial charge in [-0.2, -0.15) is 0 Å². The molecule has 0 aliphatic heterocycles. The summed E-state index contributed by atoms with van der Waals surface area (Å²) in [5.41, 5.74) is 7.62. The monoisotopic (exact) mass is 430 g/mol. The molecule has 0 saturated carbocycles. The van der Waals surface area contributed by atoms with Gasteiger partial charge in [-0.25, -0.2) is 13.8 Å². The zero-order chi connectivity index (χ0) is 22.4. The number of aromatic nitrogens is 2. The van der Waals surface area contributed by atoms with Gasteiger partial charge in [-0.15, -0.1) is 0 Å². The number of nitrogens with zero attached hydrogens (tertiary/aromatic N) is 2. The lowest BCUT2D eigenvalue weighted by molar-refractivity contribution is 0.359. The van der Waals surface area contributed by atoms with E-state index in [0.29, 0.717) is 17.6 Å². The third-order valence-corrected chi connectivity index (χ3v) is 6.77. The molecule has 164 valence electrons. The lowest BCUT2D eigenvalue weighted by Crippen LogP contribution is -2.08. The predicted octanol–water partition coefficient (Wildman–Crippen LogP) is 7.24. The van der Waals surface area contributed by atoms with Crippen LogP contribution in [0.15, 0.2) is 60.8 Å². The summed E-state index contributed by atoms with van der Waals surface area (Å²) < 4.78 is 31.0. The van der Waals surface area contributed by atoms with E-state index in [1.54, 1.807) is 13.0 Å². The summed E-state index contributed by atoms with van der Waals surface area (Å²) in [7, 11) is 0. The molecule has 2 aromatic carbocycles. The molecule has 0 spiro atoms. The maximum Gasteiger partial charge on any atom is 0.140 e. The van der Waals surface area contributed by atoms with Crippen LogP contribution in [0.1, 0.15) is 67.1 Å². The van der Waals surface area contributed by atoms with E-state index in [1.807, 2.05) is 36.5 Å². The largest absolute Gasteiger partial charge is 0.302 e. The molecule has 2 heterocycles. The van der Waals surface area contributed by atoms with E-state index in [0.717, 1.165) is 40.9 Å². The Labute approximate surface area is 187 Å². The van der Waals surface area contributed by atoms with E-state index in [-0.39, 0.29) is 17.7 Å². The Kier molecular flexibility index (Phi) is 5.32. The molecule has 0 amide bonds. The van der Waals surface area contributed by atoms with Gasteiger partial charge in [0.05, 0.1) is 11.4 Å². The molecule has 3 atom stereocenters. The third kappa shape index (κ3) is 3.52. The van der Waals surface area contributed by atoms with E-state index < -0.39 is 6.17 Å². The molecule has 4 aromatic rings. The first-order valence-electron chi connectivity index (χ1n) is 11.5. The van der Waals surface area contributed by atoms with Crippen molar-refractivity contribution in [1.29, 1.82) is 0 Å². The number of fused-ring (bicyclic) bond motifs is 3. The highest BCUT2D eigenvalue weighted by molar-refractivity contribution is 5.67. The molecule has 0 saturated heterocycles. The summed E-state index contributed by atoms with van der Waals surface area (Å²) in [6.45, 7) is 5.89. The van der Waals surface area contributed by atoms with Crippen LogP contribution in [0.5, 0.6) is 0 Å². The number of hydrogen-bond donors (Lipinski definition) is 0. The van der Waals surface area contributed by atoms with Gasteiger partial charge in [0.1, 0.15) is 17.6 Å². The topological polar surface area (TPSA) is 17.3 Å². The molecular weight excluding hydrogens is 402 g/mol. The van der Waals surface area contributed by atoms with E-state index in [2.05, 4.69) is 36.4 Å². The summed E-state index contributed by atoms with van der Waals surface area (Å²) in [6.07, 6.45) is 3.27. The van der Waals surface area contributed by atoms with Crippen molar-refractivity contribution in [1.82, 2.24) is 9.38 Å². The summed E-state index contributed by atoms with van der Waals surface area (Å²) >= 11 is 0. The molecule has 1 unspecified atom stereocenters. The summed E-state index contributed by atoms with van der Waals surface area (Å²) in [4.78, 5) is 4.81. The lowest BCUT2D eigenvalue weighted by atomic mass is 9.89. The van der Waals surface area contributed by atoms with Crippen molar-refractivity contribution in [3.63, 3.8) is 0 Å². The van der Waals surface area contributed by atoms with Gasteiger partial charge >= 0.3 is 0 Å². The van der Waals surface area contributed by atoms with Crippen molar-refractivity contribution in [2.45, 2.75) is 58.0 Å². The Morgan fingerprint density at radius 1 is 1.12 bits per heavy atom. The van der Waals surface area contributed by atoms with E-state index in [9.17, 15) is 4.39 Å². The molecule has 1 aliphatic rings. The fourth-order valence-corrected chi connectivity index (χ4v) is 5.16. The van der Waals surface area contributed by atoms with E-state index in [1.165, 1.54) is 5.56 Å². The first-order chi connectivity index (χ1) is 15.5. The highest BCUT2D eigenvalue weighted by atomic mass is 19.1. The van der Waals surface area contributed by atoms with Crippen LogP contribution >= 0.6 is 0 Å². The average Bonchev–Trinajstić information content (AvgIpc) is 3.30. The Bertz CT molecular complexity index is 1270. The smallest absolute Gasteiger partial charge is 0.140 e. The highest BCUT2D eigenvalue weighted by Gasteiger charge is 2.35. The number of hydrogen-bond acceptors (Lipinski definition) is 1. The van der Waals surface area contributed by atoms with Crippen molar-refractivity contribution in [3.8, 4) is 11.1 Å². The minimum atomic E-state index is -0.900. The minimum absolute atomic E-state index is 0.116. The standard InChI is InChI=1S/C28H28F2N2/c1-4-19-9-11-20(12-10-19)24-16-32-26(15-25(24)30)31-27-17(2)13-23(28(27)32)22-8-6-5-7-21(22)14-18(3)29/h5-12,15-18,23H,4,13-14H2,1-3H3/t17-,18?,23-/m1/s1. The molecule has 0 fully saturated rings. The van der Waals surface area contributed by atoms with Gasteiger partial charge in [0.25, 0.3) is 0 Å². The van der Waals surface area contributed by atoms with Gasteiger partial charge in [-0.05, 0) is 42.0 Å². The maximum atomic E-state index is 15.1. The van der Waals surface area contributed by atoms with Gasteiger partial charge in [0.2, 0.25) is 0 Å². The zero-order valence-corrected chi connectivity index (χ0v) is 18.8. The van der Waals surface area contributed by atoms with Crippen LogP contribution in [0.4, 0.5) is 8.78 Å². The second-order valence-corrected chi connectivity index (χ2v) is 9.07. The number of imidazole rings is 1. The molecule has 0 N–H and O–H groups in total. The fourth-order valence-electron chi connectivity index (χ4n) is 5.16. The van der Waals surface area contributed by atoms with Crippen LogP contribution in [-0.2, 0) is 12.8 Å². The van der Waals surface area contributed by atoms with Crippen molar-refractivity contribution < 1.29 is 8.78 Å². The number of aryl methyl sites for hydroxylation is 1. The van der Waals surface area contributed by atoms with Gasteiger partial charge in [-0.1, -0.05) is 62.4 Å².